The summed E-state index contributed by atoms with van der Waals surface area (Å²) in [7, 11) is 1.67. The Kier molecular flexibility index (Phi) is 12.7. The van der Waals surface area contributed by atoms with Crippen molar-refractivity contribution in [3.8, 4) is 0 Å². The molecule has 78 valence electrons. The zero-order valence-electron chi connectivity index (χ0n) is 9.55. The van der Waals surface area contributed by atoms with Crippen LogP contribution in [-0.4, -0.2) is 13.0 Å². The van der Waals surface area contributed by atoms with Crippen LogP contribution < -0.4 is 5.32 Å². The zero-order valence-corrected chi connectivity index (χ0v) is 9.55. The Balaban J connectivity index is 0. The van der Waals surface area contributed by atoms with Gasteiger partial charge in [0.1, 0.15) is 0 Å². The van der Waals surface area contributed by atoms with Crippen molar-refractivity contribution in [3.05, 3.63) is 12.2 Å². The highest BCUT2D eigenvalue weighted by Gasteiger charge is 2.07. The van der Waals surface area contributed by atoms with E-state index in [1.54, 1.807) is 7.05 Å². The fraction of sp³-hybridized carbons (Fsp3) is 0.727. The van der Waals surface area contributed by atoms with Gasteiger partial charge in [0.2, 0.25) is 5.91 Å². The maximum Gasteiger partial charge on any atom is 0.222 e. The largest absolute Gasteiger partial charge is 0.359 e. The Morgan fingerprint density at radius 2 is 1.92 bits per heavy atom. The standard InChI is InChI=1S/C9H17NO.C2H6/c1-4-5-6-7-8(2)9(11)10-3;1-2/h5-6,8H,4,7H2,1-3H3,(H,10,11);1-2H3/b6-5+;. The summed E-state index contributed by atoms with van der Waals surface area (Å²) < 4.78 is 0. The SMILES string of the molecule is CC.CC/C=C/CC(C)C(=O)NC. The molecule has 0 aromatic rings. The zero-order chi connectivity index (χ0) is 10.7. The van der Waals surface area contributed by atoms with Crippen LogP contribution in [0.2, 0.25) is 0 Å². The number of rotatable bonds is 4. The van der Waals surface area contributed by atoms with Crippen molar-refractivity contribution in [1.29, 1.82) is 0 Å². The summed E-state index contributed by atoms with van der Waals surface area (Å²) in [6.07, 6.45) is 6.02. The molecular weight excluding hydrogens is 162 g/mol. The van der Waals surface area contributed by atoms with Crippen molar-refractivity contribution in [1.82, 2.24) is 5.32 Å². The second-order valence-electron chi connectivity index (χ2n) is 2.63. The molecule has 1 amide bonds. The summed E-state index contributed by atoms with van der Waals surface area (Å²) in [6.45, 7) is 8.01. The number of hydrogen-bond acceptors (Lipinski definition) is 1. The molecule has 0 radical (unpaired) electrons. The van der Waals surface area contributed by atoms with E-state index in [1.165, 1.54) is 0 Å². The minimum atomic E-state index is 0.0998. The van der Waals surface area contributed by atoms with Crippen LogP contribution in [0.5, 0.6) is 0 Å². The highest BCUT2D eigenvalue weighted by atomic mass is 16.1. The maximum absolute atomic E-state index is 11.0. The van der Waals surface area contributed by atoms with Crippen LogP contribution in [0, 0.1) is 5.92 Å². The number of hydrogen-bond donors (Lipinski definition) is 1. The second-order valence-corrected chi connectivity index (χ2v) is 2.63. The molecule has 0 aromatic heterocycles. The van der Waals surface area contributed by atoms with Crippen LogP contribution in [0.15, 0.2) is 12.2 Å². The minimum absolute atomic E-state index is 0.0998. The molecule has 0 heterocycles. The van der Waals surface area contributed by atoms with Gasteiger partial charge in [0.25, 0.3) is 0 Å². The minimum Gasteiger partial charge on any atom is -0.359 e. The van der Waals surface area contributed by atoms with E-state index >= 15 is 0 Å². The summed E-state index contributed by atoms with van der Waals surface area (Å²) in [5.41, 5.74) is 0. The van der Waals surface area contributed by atoms with E-state index in [2.05, 4.69) is 24.4 Å². The van der Waals surface area contributed by atoms with Crippen molar-refractivity contribution in [2.75, 3.05) is 7.05 Å². The first-order chi connectivity index (χ1) is 6.22. The Morgan fingerprint density at radius 3 is 2.31 bits per heavy atom. The molecule has 2 nitrogen and oxygen atoms in total. The van der Waals surface area contributed by atoms with Gasteiger partial charge in [0.05, 0.1) is 0 Å². The lowest BCUT2D eigenvalue weighted by Gasteiger charge is -2.05. The lowest BCUT2D eigenvalue weighted by atomic mass is 10.1. The smallest absolute Gasteiger partial charge is 0.222 e. The lowest BCUT2D eigenvalue weighted by Crippen LogP contribution is -2.24. The maximum atomic E-state index is 11.0. The molecular formula is C11H23NO. The average Bonchev–Trinajstić information content (AvgIpc) is 2.20. The van der Waals surface area contributed by atoms with Gasteiger partial charge in [-0.05, 0) is 12.8 Å². The van der Waals surface area contributed by atoms with E-state index in [0.717, 1.165) is 12.8 Å². The Hall–Kier alpha value is -0.790. The molecule has 0 fully saturated rings. The molecule has 0 saturated heterocycles. The molecule has 1 N–H and O–H groups in total. The summed E-state index contributed by atoms with van der Waals surface area (Å²) in [6, 6.07) is 0. The number of allylic oxidation sites excluding steroid dienone is 2. The van der Waals surface area contributed by atoms with E-state index in [0.29, 0.717) is 0 Å². The Bertz CT molecular complexity index is 141. The van der Waals surface area contributed by atoms with Crippen molar-refractivity contribution in [2.24, 2.45) is 5.92 Å². The quantitative estimate of drug-likeness (QED) is 0.670. The van der Waals surface area contributed by atoms with E-state index in [9.17, 15) is 4.79 Å². The molecule has 0 rings (SSSR count). The lowest BCUT2D eigenvalue weighted by molar-refractivity contribution is -0.123. The van der Waals surface area contributed by atoms with Crippen molar-refractivity contribution >= 4 is 5.91 Å². The number of amides is 1. The van der Waals surface area contributed by atoms with Gasteiger partial charge in [0.15, 0.2) is 0 Å². The van der Waals surface area contributed by atoms with Gasteiger partial charge in [-0.25, -0.2) is 0 Å². The summed E-state index contributed by atoms with van der Waals surface area (Å²) >= 11 is 0. The molecule has 13 heavy (non-hydrogen) atoms. The number of nitrogens with one attached hydrogen (secondary N) is 1. The number of carbonyl (C=O) groups is 1. The third-order valence-corrected chi connectivity index (χ3v) is 1.59. The average molecular weight is 185 g/mol. The first kappa shape index (κ1) is 14.7. The highest BCUT2D eigenvalue weighted by molar-refractivity contribution is 5.77. The van der Waals surface area contributed by atoms with Crippen LogP contribution >= 0.6 is 0 Å². The fourth-order valence-corrected chi connectivity index (χ4v) is 0.820. The van der Waals surface area contributed by atoms with Crippen LogP contribution in [0.25, 0.3) is 0 Å². The van der Waals surface area contributed by atoms with E-state index in [4.69, 9.17) is 0 Å². The second kappa shape index (κ2) is 11.2. The van der Waals surface area contributed by atoms with Gasteiger partial charge in [-0.15, -0.1) is 0 Å². The summed E-state index contributed by atoms with van der Waals surface area (Å²) in [4.78, 5) is 11.0. The van der Waals surface area contributed by atoms with Gasteiger partial charge in [0, 0.05) is 13.0 Å². The molecule has 0 aliphatic carbocycles. The predicted octanol–water partition coefficient (Wildman–Crippen LogP) is 2.75. The normalized spacial score (nSPS) is 11.8. The van der Waals surface area contributed by atoms with Crippen LogP contribution in [0.4, 0.5) is 0 Å². The topological polar surface area (TPSA) is 29.1 Å². The predicted molar refractivity (Wildman–Crippen MR) is 58.6 cm³/mol. The molecule has 0 aromatic carbocycles. The third kappa shape index (κ3) is 9.12. The Labute approximate surface area is 82.4 Å². The van der Waals surface area contributed by atoms with Crippen LogP contribution in [-0.2, 0) is 4.79 Å². The van der Waals surface area contributed by atoms with E-state index in [-0.39, 0.29) is 11.8 Å². The molecule has 2 heteroatoms. The van der Waals surface area contributed by atoms with Crippen molar-refractivity contribution < 1.29 is 4.79 Å². The molecule has 0 bridgehead atoms. The Morgan fingerprint density at radius 1 is 1.38 bits per heavy atom. The molecule has 0 spiro atoms. The van der Waals surface area contributed by atoms with Gasteiger partial charge < -0.3 is 5.32 Å². The molecule has 0 aliphatic heterocycles. The van der Waals surface area contributed by atoms with Gasteiger partial charge >= 0.3 is 0 Å². The van der Waals surface area contributed by atoms with Gasteiger partial charge in [-0.2, -0.15) is 0 Å². The van der Waals surface area contributed by atoms with Crippen LogP contribution in [0.3, 0.4) is 0 Å². The fourth-order valence-electron chi connectivity index (χ4n) is 0.820. The first-order valence-electron chi connectivity index (χ1n) is 5.09. The van der Waals surface area contributed by atoms with Gasteiger partial charge in [-0.1, -0.05) is 39.8 Å². The monoisotopic (exact) mass is 185 g/mol. The molecule has 1 unspecified atom stereocenters. The highest BCUT2D eigenvalue weighted by Crippen LogP contribution is 2.02. The molecule has 0 saturated carbocycles. The molecule has 0 aliphatic rings. The van der Waals surface area contributed by atoms with E-state index in [1.807, 2.05) is 20.8 Å². The van der Waals surface area contributed by atoms with Gasteiger partial charge in [-0.3, -0.25) is 4.79 Å². The van der Waals surface area contributed by atoms with E-state index < -0.39 is 0 Å². The third-order valence-electron chi connectivity index (χ3n) is 1.59. The summed E-state index contributed by atoms with van der Waals surface area (Å²) in [5, 5.41) is 2.62. The number of carbonyl (C=O) groups excluding carboxylic acids is 1. The summed E-state index contributed by atoms with van der Waals surface area (Å²) in [5.74, 6) is 0.216. The van der Waals surface area contributed by atoms with Crippen molar-refractivity contribution in [2.45, 2.75) is 40.5 Å². The molecule has 1 atom stereocenters. The van der Waals surface area contributed by atoms with Crippen LogP contribution in [0.1, 0.15) is 40.5 Å². The van der Waals surface area contributed by atoms with Crippen molar-refractivity contribution in [3.63, 3.8) is 0 Å². The first-order valence-corrected chi connectivity index (χ1v) is 5.09.